The molecule has 0 aromatic carbocycles. The molecular weight excluding hydrogens is 126 g/mol. The van der Waals surface area contributed by atoms with E-state index < -0.39 is 6.04 Å². The van der Waals surface area contributed by atoms with Crippen LogP contribution >= 0.6 is 0 Å². The summed E-state index contributed by atoms with van der Waals surface area (Å²) in [4.78, 5) is 10.1. The van der Waals surface area contributed by atoms with Crippen molar-refractivity contribution in [1.82, 2.24) is 0 Å². The number of hydrogen-bond acceptors (Lipinski definition) is 2. The molecule has 10 heavy (non-hydrogen) atoms. The number of carbonyl (C=O) groups excluding carboxylic acids is 1. The first-order valence-electron chi connectivity index (χ1n) is 3.42. The van der Waals surface area contributed by atoms with Crippen LogP contribution in [-0.2, 0) is 4.79 Å². The summed E-state index contributed by atoms with van der Waals surface area (Å²) < 4.78 is 0. The van der Waals surface area contributed by atoms with Gasteiger partial charge in [0.2, 0.25) is 6.29 Å². The van der Waals surface area contributed by atoms with E-state index in [1.165, 1.54) is 0 Å². The normalized spacial score (nSPS) is 19.9. The molecule has 0 amide bonds. The van der Waals surface area contributed by atoms with Gasteiger partial charge in [-0.1, -0.05) is 0 Å². The van der Waals surface area contributed by atoms with E-state index >= 15 is 0 Å². The van der Waals surface area contributed by atoms with Crippen molar-refractivity contribution < 1.29 is 4.79 Å². The molecule has 0 heterocycles. The number of nitrogens with two attached hydrogens (primary N) is 1. The molecule has 0 saturated heterocycles. The van der Waals surface area contributed by atoms with E-state index in [-0.39, 0.29) is 0 Å². The Kier molecular flexibility index (Phi) is 2.43. The Morgan fingerprint density at radius 2 is 2.60 bits per heavy atom. The molecule has 1 aliphatic rings. The summed E-state index contributed by atoms with van der Waals surface area (Å²) in [7, 11) is 0. The van der Waals surface area contributed by atoms with Crippen LogP contribution in [0.25, 0.3) is 0 Å². The largest absolute Gasteiger partial charge is 0.317 e. The maximum Gasteiger partial charge on any atom is 0.221 e. The summed E-state index contributed by atoms with van der Waals surface area (Å²) in [5.41, 5.74) is 9.27. The predicted octanol–water partition coefficient (Wildman–Crippen LogP) is 0.689. The van der Waals surface area contributed by atoms with E-state index in [2.05, 4.69) is 5.73 Å². The van der Waals surface area contributed by atoms with E-state index in [0.29, 0.717) is 0 Å². The lowest BCUT2D eigenvalue weighted by molar-refractivity contribution is 0.545. The maximum atomic E-state index is 10.1. The van der Waals surface area contributed by atoms with Crippen LogP contribution in [0, 0.1) is 0 Å². The first kappa shape index (κ1) is 7.26. The van der Waals surface area contributed by atoms with Crippen LogP contribution in [0.3, 0.4) is 0 Å². The minimum absolute atomic E-state index is 0.545. The monoisotopic (exact) mass is 136 g/mol. The second-order valence-corrected chi connectivity index (χ2v) is 2.36. The van der Waals surface area contributed by atoms with Crippen molar-refractivity contribution >= 4 is 6.29 Å². The fourth-order valence-electron chi connectivity index (χ4n) is 0.986. The molecule has 1 rings (SSSR count). The fourth-order valence-corrected chi connectivity index (χ4v) is 0.986. The smallest absolute Gasteiger partial charge is 0.221 e. The SMILES string of the molecule is NC([C]=O)C1=C=CCCC1. The number of hydrogen-bond donors (Lipinski definition) is 1. The number of rotatable bonds is 2. The van der Waals surface area contributed by atoms with Gasteiger partial charge >= 0.3 is 0 Å². The van der Waals surface area contributed by atoms with Crippen LogP contribution in [0.15, 0.2) is 17.4 Å². The van der Waals surface area contributed by atoms with Gasteiger partial charge in [0.25, 0.3) is 0 Å². The van der Waals surface area contributed by atoms with Crippen molar-refractivity contribution in [3.63, 3.8) is 0 Å². The van der Waals surface area contributed by atoms with Crippen molar-refractivity contribution in [2.45, 2.75) is 25.3 Å². The molecule has 1 radical (unpaired) electrons. The molecule has 0 saturated carbocycles. The van der Waals surface area contributed by atoms with Gasteiger partial charge in [-0.2, -0.15) is 0 Å². The van der Waals surface area contributed by atoms with Gasteiger partial charge in [0.15, 0.2) is 0 Å². The molecule has 0 fully saturated rings. The van der Waals surface area contributed by atoms with Crippen molar-refractivity contribution in [2.75, 3.05) is 0 Å². The highest BCUT2D eigenvalue weighted by Crippen LogP contribution is 2.12. The third-order valence-electron chi connectivity index (χ3n) is 1.58. The van der Waals surface area contributed by atoms with Gasteiger partial charge in [0.05, 0.1) is 0 Å². The van der Waals surface area contributed by atoms with Crippen molar-refractivity contribution in [1.29, 1.82) is 0 Å². The zero-order valence-corrected chi connectivity index (χ0v) is 5.76. The van der Waals surface area contributed by atoms with E-state index in [1.807, 2.05) is 6.08 Å². The van der Waals surface area contributed by atoms with Gasteiger partial charge in [0, 0.05) is 0 Å². The Hall–Kier alpha value is -0.850. The third-order valence-corrected chi connectivity index (χ3v) is 1.58. The van der Waals surface area contributed by atoms with Crippen molar-refractivity contribution in [3.8, 4) is 0 Å². The Morgan fingerprint density at radius 3 is 3.10 bits per heavy atom. The molecule has 0 aromatic rings. The average molecular weight is 136 g/mol. The lowest BCUT2D eigenvalue weighted by atomic mass is 10.00. The Labute approximate surface area is 60.4 Å². The lowest BCUT2D eigenvalue weighted by Gasteiger charge is -2.08. The van der Waals surface area contributed by atoms with Crippen molar-refractivity contribution in [2.24, 2.45) is 5.73 Å². The summed E-state index contributed by atoms with van der Waals surface area (Å²) in [6.45, 7) is 0. The first-order chi connectivity index (χ1) is 4.84. The zero-order valence-electron chi connectivity index (χ0n) is 5.76. The molecule has 0 bridgehead atoms. The summed E-state index contributed by atoms with van der Waals surface area (Å²) in [5, 5.41) is 0. The molecule has 53 valence electrons. The standard InChI is InChI=1S/C8H10NO/c9-8(6-10)7-4-2-1-3-5-7/h2,8H,1,3,5,9H2. The molecule has 0 aromatic heterocycles. The highest BCUT2D eigenvalue weighted by atomic mass is 16.1. The van der Waals surface area contributed by atoms with Gasteiger partial charge in [-0.15, -0.1) is 5.73 Å². The van der Waals surface area contributed by atoms with E-state index in [9.17, 15) is 4.79 Å². The van der Waals surface area contributed by atoms with E-state index in [4.69, 9.17) is 5.73 Å². The highest BCUT2D eigenvalue weighted by molar-refractivity contribution is 5.63. The summed E-state index contributed by atoms with van der Waals surface area (Å²) in [5.74, 6) is 0. The lowest BCUT2D eigenvalue weighted by Crippen LogP contribution is -2.24. The van der Waals surface area contributed by atoms with Crippen LogP contribution in [0.5, 0.6) is 0 Å². The minimum atomic E-state index is -0.545. The van der Waals surface area contributed by atoms with Crippen molar-refractivity contribution in [3.05, 3.63) is 17.4 Å². The van der Waals surface area contributed by atoms with Crippen LogP contribution in [-0.4, -0.2) is 12.3 Å². The third kappa shape index (κ3) is 1.56. The molecular formula is C8H10NO. The van der Waals surface area contributed by atoms with Crippen LogP contribution in [0.2, 0.25) is 0 Å². The molecule has 2 nitrogen and oxygen atoms in total. The molecule has 1 aliphatic carbocycles. The average Bonchev–Trinajstić information content (AvgIpc) is 2.05. The fraction of sp³-hybridized carbons (Fsp3) is 0.500. The Bertz CT molecular complexity index is 189. The summed E-state index contributed by atoms with van der Waals surface area (Å²) in [6.07, 6.45) is 6.70. The first-order valence-corrected chi connectivity index (χ1v) is 3.42. The molecule has 2 heteroatoms. The van der Waals surface area contributed by atoms with Crippen LogP contribution < -0.4 is 5.73 Å². The second kappa shape index (κ2) is 3.35. The van der Waals surface area contributed by atoms with E-state index in [0.717, 1.165) is 24.8 Å². The Balaban J connectivity index is 2.69. The van der Waals surface area contributed by atoms with Gasteiger partial charge in [-0.05, 0) is 30.9 Å². The molecule has 1 unspecified atom stereocenters. The van der Waals surface area contributed by atoms with Gasteiger partial charge in [-0.25, -0.2) is 0 Å². The quantitative estimate of drug-likeness (QED) is 0.567. The molecule has 1 atom stereocenters. The predicted molar refractivity (Wildman–Crippen MR) is 39.1 cm³/mol. The van der Waals surface area contributed by atoms with Crippen LogP contribution in [0.1, 0.15) is 19.3 Å². The minimum Gasteiger partial charge on any atom is -0.317 e. The summed E-state index contributed by atoms with van der Waals surface area (Å²) in [6, 6.07) is -0.545. The Morgan fingerprint density at radius 1 is 1.80 bits per heavy atom. The van der Waals surface area contributed by atoms with E-state index in [1.54, 1.807) is 6.29 Å². The highest BCUT2D eigenvalue weighted by Gasteiger charge is 2.09. The molecule has 2 N–H and O–H groups in total. The topological polar surface area (TPSA) is 43.1 Å². The zero-order chi connectivity index (χ0) is 7.40. The van der Waals surface area contributed by atoms with Gasteiger partial charge < -0.3 is 5.73 Å². The maximum absolute atomic E-state index is 10.1. The second-order valence-electron chi connectivity index (χ2n) is 2.36. The molecule has 0 aliphatic heterocycles. The van der Waals surface area contributed by atoms with Gasteiger partial charge in [0.1, 0.15) is 6.04 Å². The van der Waals surface area contributed by atoms with Crippen LogP contribution in [0.4, 0.5) is 0 Å². The molecule has 0 spiro atoms. The van der Waals surface area contributed by atoms with Gasteiger partial charge in [-0.3, -0.25) is 4.79 Å². The summed E-state index contributed by atoms with van der Waals surface area (Å²) >= 11 is 0.